The molecule has 4 unspecified atom stereocenters. The molecule has 3 amide bonds. The van der Waals surface area contributed by atoms with E-state index in [0.29, 0.717) is 10.7 Å². The zero-order valence-corrected chi connectivity index (χ0v) is 26.8. The molecule has 0 bridgehead atoms. The van der Waals surface area contributed by atoms with Crippen LogP contribution in [-0.4, -0.2) is 40.5 Å². The number of carbonyl (C=O) groups is 3. The third-order valence-corrected chi connectivity index (χ3v) is 8.08. The Balaban J connectivity index is 1.81. The van der Waals surface area contributed by atoms with Crippen LogP contribution in [0.3, 0.4) is 0 Å². The Morgan fingerprint density at radius 3 is 2.07 bits per heavy atom. The summed E-state index contributed by atoms with van der Waals surface area (Å²) in [6, 6.07) is 18.7. The van der Waals surface area contributed by atoms with Gasteiger partial charge in [-0.1, -0.05) is 79.2 Å². The van der Waals surface area contributed by atoms with Crippen LogP contribution in [0.5, 0.6) is 0 Å². The first-order chi connectivity index (χ1) is 20.3. The minimum Gasteiger partial charge on any atom is -0.444 e. The number of benzene rings is 3. The van der Waals surface area contributed by atoms with Crippen molar-refractivity contribution >= 4 is 35.2 Å². The van der Waals surface area contributed by atoms with Crippen molar-refractivity contribution in [2.75, 3.05) is 5.32 Å². The van der Waals surface area contributed by atoms with E-state index in [-0.39, 0.29) is 30.2 Å². The van der Waals surface area contributed by atoms with Crippen LogP contribution in [0.2, 0.25) is 5.02 Å². The van der Waals surface area contributed by atoms with Crippen LogP contribution in [-0.2, 0) is 20.7 Å². The molecule has 4 rings (SSSR count). The molecule has 1 fully saturated rings. The SMILES string of the molecule is Cc1cccc(Cl)c1NC(=O)C(c1c(C)cccc1C)N(C(=O)C(Cc1ccccc1)NC(=O)OC(C)(C)C)C1CC1C. The summed E-state index contributed by atoms with van der Waals surface area (Å²) in [4.78, 5) is 43.9. The fourth-order valence-electron chi connectivity index (χ4n) is 5.49. The van der Waals surface area contributed by atoms with Crippen molar-refractivity contribution in [3.8, 4) is 0 Å². The lowest BCUT2D eigenvalue weighted by Gasteiger charge is -2.36. The summed E-state index contributed by atoms with van der Waals surface area (Å²) in [6.07, 6.45) is 0.294. The molecule has 0 saturated heterocycles. The van der Waals surface area contributed by atoms with Gasteiger partial charge < -0.3 is 20.3 Å². The van der Waals surface area contributed by atoms with Gasteiger partial charge in [0.05, 0.1) is 10.7 Å². The van der Waals surface area contributed by atoms with Crippen molar-refractivity contribution in [2.24, 2.45) is 5.92 Å². The first-order valence-corrected chi connectivity index (χ1v) is 15.1. The second kappa shape index (κ2) is 13.2. The summed E-state index contributed by atoms with van der Waals surface area (Å²) in [7, 11) is 0. The van der Waals surface area contributed by atoms with Crippen LogP contribution < -0.4 is 10.6 Å². The molecule has 3 aromatic carbocycles. The van der Waals surface area contributed by atoms with E-state index in [0.717, 1.165) is 34.2 Å². The van der Waals surface area contributed by atoms with Crippen molar-refractivity contribution in [1.29, 1.82) is 0 Å². The smallest absolute Gasteiger partial charge is 0.408 e. The average molecular weight is 604 g/mol. The molecule has 0 spiro atoms. The molecule has 7 nitrogen and oxygen atoms in total. The standard InChI is InChI=1S/C35H42ClN3O4/c1-21-13-11-14-22(2)29(21)31(32(40)38-30-23(3)15-12-18-26(30)36)39(28-19-24(28)4)33(41)27(20-25-16-9-8-10-17-25)37-34(42)43-35(5,6)7/h8-18,24,27-28,31H,19-20H2,1-7H3,(H,37,42)(H,38,40). The predicted octanol–water partition coefficient (Wildman–Crippen LogP) is 7.32. The normalized spacial score (nSPS) is 17.4. The first-order valence-electron chi connectivity index (χ1n) is 14.7. The van der Waals surface area contributed by atoms with Crippen LogP contribution >= 0.6 is 11.6 Å². The lowest BCUT2D eigenvalue weighted by molar-refractivity contribution is -0.141. The minimum atomic E-state index is -0.966. The number of nitrogens with one attached hydrogen (secondary N) is 2. The van der Waals surface area contributed by atoms with E-state index in [2.05, 4.69) is 17.6 Å². The van der Waals surface area contributed by atoms with Gasteiger partial charge in [-0.15, -0.1) is 0 Å². The highest BCUT2D eigenvalue weighted by Gasteiger charge is 2.49. The van der Waals surface area contributed by atoms with Crippen LogP contribution in [0.15, 0.2) is 66.7 Å². The molecule has 8 heteroatoms. The lowest BCUT2D eigenvalue weighted by atomic mass is 9.92. The van der Waals surface area contributed by atoms with E-state index in [9.17, 15) is 14.4 Å². The third-order valence-electron chi connectivity index (χ3n) is 7.76. The third kappa shape index (κ3) is 7.96. The number of hydrogen-bond acceptors (Lipinski definition) is 4. The van der Waals surface area contributed by atoms with Crippen LogP contribution in [0.4, 0.5) is 10.5 Å². The van der Waals surface area contributed by atoms with E-state index in [1.54, 1.807) is 31.7 Å². The topological polar surface area (TPSA) is 87.7 Å². The summed E-state index contributed by atoms with van der Waals surface area (Å²) in [6.45, 7) is 13.2. The number of alkyl carbamates (subject to hydrolysis) is 1. The van der Waals surface area contributed by atoms with Crippen molar-refractivity contribution in [2.45, 2.75) is 85.0 Å². The molecule has 0 aromatic heterocycles. The van der Waals surface area contributed by atoms with E-state index in [1.165, 1.54) is 0 Å². The quantitative estimate of drug-likeness (QED) is 0.268. The van der Waals surface area contributed by atoms with Crippen molar-refractivity contribution < 1.29 is 19.1 Å². The Labute approximate surface area is 260 Å². The number of aryl methyl sites for hydroxylation is 3. The van der Waals surface area contributed by atoms with Gasteiger partial charge in [-0.05, 0) is 87.8 Å². The molecule has 228 valence electrons. The summed E-state index contributed by atoms with van der Waals surface area (Å²) in [5, 5.41) is 6.30. The summed E-state index contributed by atoms with van der Waals surface area (Å²) < 4.78 is 5.55. The molecular weight excluding hydrogens is 562 g/mol. The van der Waals surface area contributed by atoms with Crippen LogP contribution in [0.1, 0.15) is 68.0 Å². The number of halogens is 1. The van der Waals surface area contributed by atoms with Crippen molar-refractivity contribution in [1.82, 2.24) is 10.2 Å². The molecule has 0 aliphatic heterocycles. The Morgan fingerprint density at radius 1 is 0.930 bits per heavy atom. The largest absolute Gasteiger partial charge is 0.444 e. The first kappa shape index (κ1) is 32.1. The molecular formula is C35H42ClN3O4. The fourth-order valence-corrected chi connectivity index (χ4v) is 5.76. The van der Waals surface area contributed by atoms with Gasteiger partial charge >= 0.3 is 6.09 Å². The molecule has 1 aliphatic carbocycles. The van der Waals surface area contributed by atoms with Crippen molar-refractivity contribution in [3.05, 3.63) is 99.6 Å². The Morgan fingerprint density at radius 2 is 1.51 bits per heavy atom. The molecule has 4 atom stereocenters. The molecule has 3 aromatic rings. The van der Waals surface area contributed by atoms with E-state index >= 15 is 0 Å². The van der Waals surface area contributed by atoms with E-state index < -0.39 is 23.8 Å². The zero-order valence-electron chi connectivity index (χ0n) is 26.0. The number of hydrogen-bond donors (Lipinski definition) is 2. The number of ether oxygens (including phenoxy) is 1. The maximum atomic E-state index is 14.8. The predicted molar refractivity (Wildman–Crippen MR) is 171 cm³/mol. The van der Waals surface area contributed by atoms with Gasteiger partial charge in [0.2, 0.25) is 5.91 Å². The summed E-state index contributed by atoms with van der Waals surface area (Å²) in [5.74, 6) is -0.524. The van der Waals surface area contributed by atoms with Gasteiger partial charge in [-0.2, -0.15) is 0 Å². The highest BCUT2D eigenvalue weighted by Crippen LogP contribution is 2.42. The summed E-state index contributed by atoms with van der Waals surface area (Å²) in [5.41, 5.74) is 3.99. The highest BCUT2D eigenvalue weighted by molar-refractivity contribution is 6.34. The molecule has 43 heavy (non-hydrogen) atoms. The monoisotopic (exact) mass is 603 g/mol. The number of amides is 3. The molecule has 0 heterocycles. The van der Waals surface area contributed by atoms with E-state index in [1.807, 2.05) is 81.4 Å². The van der Waals surface area contributed by atoms with Gasteiger partial charge in [-0.25, -0.2) is 4.79 Å². The minimum absolute atomic E-state index is 0.185. The average Bonchev–Trinajstić information content (AvgIpc) is 3.64. The number of carbonyl (C=O) groups excluding carboxylic acids is 3. The van der Waals surface area contributed by atoms with Gasteiger partial charge in [0, 0.05) is 12.5 Å². The van der Waals surface area contributed by atoms with Gasteiger partial charge in [0.15, 0.2) is 0 Å². The van der Waals surface area contributed by atoms with Crippen LogP contribution in [0.25, 0.3) is 0 Å². The number of para-hydroxylation sites is 1. The van der Waals surface area contributed by atoms with E-state index in [4.69, 9.17) is 16.3 Å². The van der Waals surface area contributed by atoms with Gasteiger partial charge in [0.1, 0.15) is 17.7 Å². The lowest BCUT2D eigenvalue weighted by Crippen LogP contribution is -2.54. The van der Waals surface area contributed by atoms with Gasteiger partial charge in [-0.3, -0.25) is 9.59 Å². The Kier molecular flexibility index (Phi) is 9.86. The molecule has 2 N–H and O–H groups in total. The fraction of sp³-hybridized carbons (Fsp3) is 0.400. The number of rotatable bonds is 9. The summed E-state index contributed by atoms with van der Waals surface area (Å²) >= 11 is 6.52. The Hall–Kier alpha value is -3.84. The second-order valence-electron chi connectivity index (χ2n) is 12.5. The van der Waals surface area contributed by atoms with Gasteiger partial charge in [0.25, 0.3) is 5.91 Å². The zero-order chi connectivity index (χ0) is 31.5. The highest BCUT2D eigenvalue weighted by atomic mass is 35.5. The number of nitrogens with zero attached hydrogens (tertiary/aromatic N) is 1. The second-order valence-corrected chi connectivity index (χ2v) is 13.0. The maximum absolute atomic E-state index is 14.8. The molecule has 1 aliphatic rings. The molecule has 0 radical (unpaired) electrons. The van der Waals surface area contributed by atoms with Crippen LogP contribution in [0, 0.1) is 26.7 Å². The number of anilines is 1. The Bertz CT molecular complexity index is 1440. The van der Waals surface area contributed by atoms with Crippen molar-refractivity contribution in [3.63, 3.8) is 0 Å². The maximum Gasteiger partial charge on any atom is 0.408 e. The molecule has 1 saturated carbocycles.